The van der Waals surface area contributed by atoms with Crippen LogP contribution < -0.4 is 9.47 Å². The average Bonchev–Trinajstić information content (AvgIpc) is 2.80. The third-order valence-electron chi connectivity index (χ3n) is 5.15. The zero-order valence-corrected chi connectivity index (χ0v) is 18.1. The molecular weight excluding hydrogens is 394 g/mol. The van der Waals surface area contributed by atoms with Gasteiger partial charge in [-0.15, -0.1) is 0 Å². The molecule has 154 valence electrons. The summed E-state index contributed by atoms with van der Waals surface area (Å²) in [7, 11) is 3.15. The van der Waals surface area contributed by atoms with Gasteiger partial charge in [-0.1, -0.05) is 65.9 Å². The monoisotopic (exact) mass is 419 g/mol. The summed E-state index contributed by atoms with van der Waals surface area (Å²) in [6.45, 7) is 1.85. The van der Waals surface area contributed by atoms with Gasteiger partial charge >= 0.3 is 0 Å². The number of methoxy groups -OCH3 is 2. The number of benzene rings is 3. The Morgan fingerprint density at radius 3 is 2.20 bits per heavy atom. The Bertz CT molecular complexity index is 1010. The maximum atomic E-state index is 10.5. The van der Waals surface area contributed by atoms with Gasteiger partial charge in [-0.05, 0) is 42.3 Å². The highest BCUT2D eigenvalue weighted by atomic mass is 32.2. The Labute approximate surface area is 182 Å². The highest BCUT2D eigenvalue weighted by molar-refractivity contribution is 8.00. The number of aliphatic hydroxyl groups is 1. The fraction of sp³-hybridized carbons (Fsp3) is 0.240. The molecule has 2 unspecified atom stereocenters. The fourth-order valence-electron chi connectivity index (χ4n) is 3.51. The zero-order chi connectivity index (χ0) is 21.6. The van der Waals surface area contributed by atoms with Crippen LogP contribution in [0.3, 0.4) is 0 Å². The van der Waals surface area contributed by atoms with Crippen LogP contribution in [0.2, 0.25) is 0 Å². The van der Waals surface area contributed by atoms with Crippen molar-refractivity contribution in [1.82, 2.24) is 0 Å². The Kier molecular flexibility index (Phi) is 7.04. The van der Waals surface area contributed by atoms with Crippen molar-refractivity contribution in [3.8, 4) is 17.6 Å². The van der Waals surface area contributed by atoms with E-state index in [2.05, 4.69) is 6.07 Å². The molecule has 3 rings (SSSR count). The third-order valence-corrected chi connectivity index (χ3v) is 6.59. The largest absolute Gasteiger partial charge is 0.493 e. The first kappa shape index (κ1) is 21.8. The zero-order valence-electron chi connectivity index (χ0n) is 17.3. The molecule has 1 N–H and O–H groups in total. The summed E-state index contributed by atoms with van der Waals surface area (Å²) >= 11 is 1.44. The molecule has 0 amide bonds. The van der Waals surface area contributed by atoms with E-state index in [1.54, 1.807) is 20.3 Å². The van der Waals surface area contributed by atoms with Crippen LogP contribution in [0.25, 0.3) is 0 Å². The molecule has 0 bridgehead atoms. The number of rotatable bonds is 8. The number of nitriles is 1. The number of thioether (sulfide) groups is 1. The van der Waals surface area contributed by atoms with Crippen LogP contribution >= 0.6 is 11.8 Å². The number of aryl methyl sites for hydroxylation is 1. The van der Waals surface area contributed by atoms with E-state index in [0.29, 0.717) is 11.5 Å². The second kappa shape index (κ2) is 9.71. The maximum Gasteiger partial charge on any atom is 0.161 e. The Morgan fingerprint density at radius 1 is 0.967 bits per heavy atom. The normalized spacial score (nSPS) is 13.7. The Balaban J connectivity index is 2.21. The van der Waals surface area contributed by atoms with Gasteiger partial charge in [-0.3, -0.25) is 0 Å². The van der Waals surface area contributed by atoms with Gasteiger partial charge in [0.05, 0.1) is 26.9 Å². The number of aliphatic hydroxyl groups excluding tert-OH is 1. The minimum Gasteiger partial charge on any atom is -0.493 e. The van der Waals surface area contributed by atoms with E-state index < -0.39 is 10.7 Å². The standard InChI is InChI=1S/C25H25NO3S/c1-18-9-12-21(13-10-18)30-25(17-26,22(16-27)19-7-5-4-6-8-19)20-11-14-23(28-2)24(15-20)29-3/h4-15,22,27H,16H2,1-3H3. The third kappa shape index (κ3) is 4.30. The van der Waals surface area contributed by atoms with E-state index in [1.807, 2.05) is 73.7 Å². The summed E-state index contributed by atoms with van der Waals surface area (Å²) in [4.78, 5) is 0.950. The summed E-state index contributed by atoms with van der Waals surface area (Å²) in [5.41, 5.74) is 2.79. The van der Waals surface area contributed by atoms with Gasteiger partial charge in [0, 0.05) is 10.8 Å². The number of hydrogen-bond acceptors (Lipinski definition) is 5. The lowest BCUT2D eigenvalue weighted by molar-refractivity contribution is 0.251. The van der Waals surface area contributed by atoms with Crippen molar-refractivity contribution in [3.05, 3.63) is 89.5 Å². The molecule has 0 saturated heterocycles. The predicted octanol–water partition coefficient (Wildman–Crippen LogP) is 5.30. The molecule has 5 heteroatoms. The minimum absolute atomic E-state index is 0.176. The van der Waals surface area contributed by atoms with Crippen LogP contribution in [0.5, 0.6) is 11.5 Å². The highest BCUT2D eigenvalue weighted by Gasteiger charge is 2.43. The summed E-state index contributed by atoms with van der Waals surface area (Å²) in [6, 6.07) is 25.8. The van der Waals surface area contributed by atoms with Crippen LogP contribution in [-0.2, 0) is 4.75 Å². The van der Waals surface area contributed by atoms with Gasteiger partial charge in [-0.2, -0.15) is 5.26 Å². The minimum atomic E-state index is -1.08. The quantitative estimate of drug-likeness (QED) is 0.502. The van der Waals surface area contributed by atoms with Gasteiger partial charge in [-0.25, -0.2) is 0 Å². The van der Waals surface area contributed by atoms with E-state index in [4.69, 9.17) is 9.47 Å². The van der Waals surface area contributed by atoms with Crippen LogP contribution in [0.4, 0.5) is 0 Å². The first-order chi connectivity index (χ1) is 14.6. The average molecular weight is 420 g/mol. The smallest absolute Gasteiger partial charge is 0.161 e. The van der Waals surface area contributed by atoms with Gasteiger partial charge in [0.2, 0.25) is 0 Å². The van der Waals surface area contributed by atoms with Crippen molar-refractivity contribution < 1.29 is 14.6 Å². The van der Waals surface area contributed by atoms with E-state index in [0.717, 1.165) is 21.6 Å². The molecule has 4 nitrogen and oxygen atoms in total. The second-order valence-electron chi connectivity index (χ2n) is 6.98. The topological polar surface area (TPSA) is 62.5 Å². The fourth-order valence-corrected chi connectivity index (χ4v) is 4.80. The molecule has 0 fully saturated rings. The predicted molar refractivity (Wildman–Crippen MR) is 120 cm³/mol. The van der Waals surface area contributed by atoms with Crippen molar-refractivity contribution >= 4 is 11.8 Å². The van der Waals surface area contributed by atoms with E-state index in [9.17, 15) is 10.4 Å². The van der Waals surface area contributed by atoms with Crippen LogP contribution in [0.15, 0.2) is 77.7 Å². The maximum absolute atomic E-state index is 10.5. The number of ether oxygens (including phenoxy) is 2. The molecule has 0 aliphatic rings. The molecule has 0 aliphatic carbocycles. The first-order valence-corrected chi connectivity index (χ1v) is 10.4. The summed E-state index contributed by atoms with van der Waals surface area (Å²) in [5, 5.41) is 21.0. The molecular formula is C25H25NO3S. The summed E-state index contributed by atoms with van der Waals surface area (Å²) < 4.78 is 9.79. The molecule has 30 heavy (non-hydrogen) atoms. The highest BCUT2D eigenvalue weighted by Crippen LogP contribution is 2.51. The molecule has 0 heterocycles. The van der Waals surface area contributed by atoms with E-state index in [-0.39, 0.29) is 6.61 Å². The molecule has 0 saturated carbocycles. The Morgan fingerprint density at radius 2 is 1.63 bits per heavy atom. The molecule has 0 aliphatic heterocycles. The van der Waals surface area contributed by atoms with Gasteiger partial charge < -0.3 is 14.6 Å². The molecule has 0 aromatic heterocycles. The number of hydrogen-bond donors (Lipinski definition) is 1. The summed E-state index contributed by atoms with van der Waals surface area (Å²) in [5.74, 6) is 0.686. The first-order valence-electron chi connectivity index (χ1n) is 9.63. The van der Waals surface area contributed by atoms with Crippen molar-refractivity contribution in [2.45, 2.75) is 22.5 Å². The second-order valence-corrected chi connectivity index (χ2v) is 8.30. The van der Waals surface area contributed by atoms with Crippen molar-refractivity contribution in [1.29, 1.82) is 5.26 Å². The van der Waals surface area contributed by atoms with Crippen molar-refractivity contribution in [2.75, 3.05) is 20.8 Å². The molecule has 0 spiro atoms. The SMILES string of the molecule is COc1ccc(C(C#N)(Sc2ccc(C)cc2)C(CO)c2ccccc2)cc1OC. The van der Waals surface area contributed by atoms with E-state index in [1.165, 1.54) is 11.8 Å². The van der Waals surface area contributed by atoms with Gasteiger partial charge in [0.15, 0.2) is 11.5 Å². The van der Waals surface area contributed by atoms with Crippen LogP contribution in [-0.4, -0.2) is 25.9 Å². The van der Waals surface area contributed by atoms with Crippen LogP contribution in [0.1, 0.15) is 22.6 Å². The van der Waals surface area contributed by atoms with Crippen molar-refractivity contribution in [3.63, 3.8) is 0 Å². The lowest BCUT2D eigenvalue weighted by Crippen LogP contribution is -2.31. The lowest BCUT2D eigenvalue weighted by atomic mass is 9.81. The lowest BCUT2D eigenvalue weighted by Gasteiger charge is -2.35. The summed E-state index contributed by atoms with van der Waals surface area (Å²) in [6.07, 6.45) is 0. The van der Waals surface area contributed by atoms with E-state index >= 15 is 0 Å². The molecule has 3 aromatic rings. The van der Waals surface area contributed by atoms with Gasteiger partial charge in [0.1, 0.15) is 4.75 Å². The molecule has 3 aromatic carbocycles. The molecule has 2 atom stereocenters. The van der Waals surface area contributed by atoms with Crippen molar-refractivity contribution in [2.24, 2.45) is 0 Å². The molecule has 0 radical (unpaired) electrons. The van der Waals surface area contributed by atoms with Crippen LogP contribution in [0, 0.1) is 18.3 Å². The van der Waals surface area contributed by atoms with Gasteiger partial charge in [0.25, 0.3) is 0 Å². The Hall–Kier alpha value is -2.94. The number of nitrogens with zero attached hydrogens (tertiary/aromatic N) is 1.